The zero-order valence-electron chi connectivity index (χ0n) is 9.55. The molecule has 11 nitrogen and oxygen atoms in total. The molecule has 0 unspecified atom stereocenters. The topological polar surface area (TPSA) is 301 Å². The monoisotopic (exact) mass is 288 g/mol. The molecule has 0 aromatic carbocycles. The van der Waals surface area contributed by atoms with Gasteiger partial charge >= 0.3 is 59.1 Å². The third-order valence-electron chi connectivity index (χ3n) is 0.533. The molecule has 0 amide bonds. The Balaban J connectivity index is -0.00000000681. The number of carboxylic acid groups (broad SMARTS) is 2. The molecule has 13 heteroatoms. The number of aliphatic carboxylic acids is 2. The minimum absolute atomic E-state index is 0. The molecule has 0 saturated heterocycles. The molecule has 14 N–H and O–H groups in total. The fraction of sp³-hybridized carbons (Fsp3) is 0.500. The van der Waals surface area contributed by atoms with Gasteiger partial charge in [-0.3, -0.25) is 0 Å². The molecule has 102 valence electrons. The molecule has 0 aromatic rings. The maximum Gasteiger partial charge on any atom is 1.00 e. The van der Waals surface area contributed by atoms with Gasteiger partial charge in [0.25, 0.3) is 0 Å². The minimum atomic E-state index is -1.37. The summed E-state index contributed by atoms with van der Waals surface area (Å²) in [4.78, 5) is 19.0. The summed E-state index contributed by atoms with van der Waals surface area (Å²) in [7, 11) is 0. The summed E-state index contributed by atoms with van der Waals surface area (Å²) >= 11 is 0. The summed E-state index contributed by atoms with van der Waals surface area (Å²) in [5.41, 5.74) is 0. The number of hydrogen-bond donors (Lipinski definition) is 0. The fourth-order valence-corrected chi connectivity index (χ4v) is 0.204. The first-order valence-corrected chi connectivity index (χ1v) is 2.02. The smallest absolute Gasteiger partial charge is 0.550 e. The molecular weight excluding hydrogens is 270 g/mol. The van der Waals surface area contributed by atoms with Crippen LogP contribution in [-0.4, -0.2) is 50.3 Å². The first-order valence-electron chi connectivity index (χ1n) is 2.02. The van der Waals surface area contributed by atoms with Gasteiger partial charge in [0, 0.05) is 11.9 Å². The van der Waals surface area contributed by atoms with Crippen molar-refractivity contribution in [2.75, 3.05) is 0 Å². The molecule has 0 aromatic heterocycles. The normalized spacial score (nSPS) is 4.00. The van der Waals surface area contributed by atoms with E-state index in [4.69, 9.17) is 0 Å². The van der Waals surface area contributed by atoms with E-state index in [0.29, 0.717) is 0 Å². The van der Waals surface area contributed by atoms with Gasteiger partial charge in [-0.05, 0) is 12.8 Å². The van der Waals surface area contributed by atoms with Crippen molar-refractivity contribution >= 4 is 11.9 Å². The predicted molar refractivity (Wildman–Crippen MR) is 44.5 cm³/mol. The molecule has 0 spiro atoms. The van der Waals surface area contributed by atoms with Gasteiger partial charge < -0.3 is 58.1 Å². The van der Waals surface area contributed by atoms with E-state index in [1.807, 2.05) is 0 Å². The SMILES string of the molecule is O.O.O.O.O.O.O.O=C([O-])CCC(=O)[O-].[Na+].[Na+]. The van der Waals surface area contributed by atoms with Crippen molar-refractivity contribution in [3.63, 3.8) is 0 Å². The van der Waals surface area contributed by atoms with Gasteiger partial charge in [0.05, 0.1) is 0 Å². The predicted octanol–water partition coefficient (Wildman–Crippen LogP) is -14.5. The van der Waals surface area contributed by atoms with Crippen LogP contribution in [0.2, 0.25) is 0 Å². The molecular formula is C4H18Na2O11. The first kappa shape index (κ1) is 83.5. The Bertz CT molecular complexity index is 106. The van der Waals surface area contributed by atoms with E-state index in [1.165, 1.54) is 0 Å². The Hall–Kier alpha value is 0.660. The number of carbonyl (C=O) groups is 2. The molecule has 0 radical (unpaired) electrons. The van der Waals surface area contributed by atoms with Crippen LogP contribution in [0.3, 0.4) is 0 Å². The zero-order valence-corrected chi connectivity index (χ0v) is 13.5. The molecule has 0 aliphatic rings. The second-order valence-corrected chi connectivity index (χ2v) is 1.24. The number of hydrogen-bond acceptors (Lipinski definition) is 4. The molecule has 0 aliphatic heterocycles. The van der Waals surface area contributed by atoms with Crippen molar-refractivity contribution in [3.8, 4) is 0 Å². The standard InChI is InChI=1S/C4H6O4.2Na.7H2O/c5-3(6)1-2-4(7)8;;;;;;;;;/h1-2H2,(H,5,6)(H,7,8);;;7*1H2/q;2*+1;;;;;;;/p-2. The second-order valence-electron chi connectivity index (χ2n) is 1.24. The molecule has 0 saturated carbocycles. The van der Waals surface area contributed by atoms with Crippen LogP contribution in [-0.2, 0) is 9.59 Å². The van der Waals surface area contributed by atoms with E-state index in [1.54, 1.807) is 0 Å². The van der Waals surface area contributed by atoms with Crippen molar-refractivity contribution < 1.29 is 117 Å². The summed E-state index contributed by atoms with van der Waals surface area (Å²) in [6.45, 7) is 0. The van der Waals surface area contributed by atoms with Crippen molar-refractivity contribution in [1.29, 1.82) is 0 Å². The van der Waals surface area contributed by atoms with E-state index >= 15 is 0 Å². The number of carboxylic acids is 2. The minimum Gasteiger partial charge on any atom is -0.550 e. The number of carbonyl (C=O) groups excluding carboxylic acids is 2. The average molecular weight is 288 g/mol. The van der Waals surface area contributed by atoms with Crippen LogP contribution in [0.5, 0.6) is 0 Å². The zero-order chi connectivity index (χ0) is 6.57. The summed E-state index contributed by atoms with van der Waals surface area (Å²) in [5.74, 6) is -2.73. The summed E-state index contributed by atoms with van der Waals surface area (Å²) < 4.78 is 0. The van der Waals surface area contributed by atoms with Crippen molar-refractivity contribution in [2.24, 2.45) is 0 Å². The average Bonchev–Trinajstić information content (AvgIpc) is 1.61. The molecule has 0 heterocycles. The summed E-state index contributed by atoms with van der Waals surface area (Å²) in [5, 5.41) is 19.0. The molecule has 0 rings (SSSR count). The summed E-state index contributed by atoms with van der Waals surface area (Å²) in [6, 6.07) is 0. The summed E-state index contributed by atoms with van der Waals surface area (Å²) in [6.07, 6.45) is -0.940. The molecule has 0 bridgehead atoms. The fourth-order valence-electron chi connectivity index (χ4n) is 0.204. The van der Waals surface area contributed by atoms with Crippen LogP contribution >= 0.6 is 0 Å². The van der Waals surface area contributed by atoms with E-state index in [0.717, 1.165) is 0 Å². The molecule has 17 heavy (non-hydrogen) atoms. The third kappa shape index (κ3) is 112. The van der Waals surface area contributed by atoms with Crippen LogP contribution in [0, 0.1) is 0 Å². The Morgan fingerprint density at radius 1 is 0.588 bits per heavy atom. The number of rotatable bonds is 3. The van der Waals surface area contributed by atoms with Crippen LogP contribution in [0.4, 0.5) is 0 Å². The van der Waals surface area contributed by atoms with Gasteiger partial charge in [0.2, 0.25) is 0 Å². The van der Waals surface area contributed by atoms with Gasteiger partial charge in [-0.1, -0.05) is 0 Å². The van der Waals surface area contributed by atoms with Crippen LogP contribution in [0.1, 0.15) is 12.8 Å². The largest absolute Gasteiger partial charge is 1.00 e. The quantitative estimate of drug-likeness (QED) is 0.456. The van der Waals surface area contributed by atoms with Gasteiger partial charge in [0.15, 0.2) is 0 Å². The van der Waals surface area contributed by atoms with E-state index in [-0.39, 0.29) is 97.4 Å². The maximum atomic E-state index is 9.50. The van der Waals surface area contributed by atoms with Gasteiger partial charge in [-0.15, -0.1) is 0 Å². The van der Waals surface area contributed by atoms with Crippen LogP contribution < -0.4 is 69.3 Å². The molecule has 0 fully saturated rings. The van der Waals surface area contributed by atoms with Crippen LogP contribution in [0.25, 0.3) is 0 Å². The Labute approximate surface area is 141 Å². The Morgan fingerprint density at radius 2 is 0.706 bits per heavy atom. The maximum absolute atomic E-state index is 9.50. The van der Waals surface area contributed by atoms with Crippen molar-refractivity contribution in [2.45, 2.75) is 12.8 Å². The first-order chi connectivity index (χ1) is 3.63. The van der Waals surface area contributed by atoms with E-state index < -0.39 is 24.8 Å². The molecule has 0 atom stereocenters. The van der Waals surface area contributed by atoms with Crippen molar-refractivity contribution in [1.82, 2.24) is 0 Å². The van der Waals surface area contributed by atoms with E-state index in [9.17, 15) is 19.8 Å². The van der Waals surface area contributed by atoms with E-state index in [2.05, 4.69) is 0 Å². The Kier molecular flexibility index (Phi) is 268. The van der Waals surface area contributed by atoms with Crippen LogP contribution in [0.15, 0.2) is 0 Å². The second kappa shape index (κ2) is 54.5. The Morgan fingerprint density at radius 3 is 0.765 bits per heavy atom. The molecule has 0 aliphatic carbocycles. The van der Waals surface area contributed by atoms with Gasteiger partial charge in [0.1, 0.15) is 0 Å². The third-order valence-corrected chi connectivity index (χ3v) is 0.533. The van der Waals surface area contributed by atoms with Gasteiger partial charge in [-0.25, -0.2) is 0 Å². The van der Waals surface area contributed by atoms with Gasteiger partial charge in [-0.2, -0.15) is 0 Å². The van der Waals surface area contributed by atoms with Crippen molar-refractivity contribution in [3.05, 3.63) is 0 Å².